The maximum absolute atomic E-state index is 12.7. The first-order chi connectivity index (χ1) is 12.8. The lowest BCUT2D eigenvalue weighted by Gasteiger charge is -2.34. The van der Waals surface area contributed by atoms with Crippen LogP contribution in [0.4, 0.5) is 0 Å². The average molecular weight is 405 g/mol. The predicted octanol–water partition coefficient (Wildman–Crippen LogP) is -1.94. The molecule has 0 saturated heterocycles. The highest BCUT2D eigenvalue weighted by atomic mass is 16.6. The number of hydrogen-bond acceptors (Lipinski definition) is 11. The van der Waals surface area contributed by atoms with Gasteiger partial charge in [0.2, 0.25) is 17.9 Å². The molecule has 0 aromatic carbocycles. The van der Waals surface area contributed by atoms with Crippen molar-refractivity contribution in [1.29, 1.82) is 0 Å². The number of carbonyl (C=O) groups is 6. The molecule has 12 heteroatoms. The normalized spacial score (nSPS) is 14.7. The van der Waals surface area contributed by atoms with Gasteiger partial charge >= 0.3 is 17.9 Å². The highest BCUT2D eigenvalue weighted by Crippen LogP contribution is 2.19. The smallest absolute Gasteiger partial charge is 0.303 e. The van der Waals surface area contributed by atoms with Crippen LogP contribution in [0.2, 0.25) is 0 Å². The first-order valence-corrected chi connectivity index (χ1v) is 7.99. The van der Waals surface area contributed by atoms with E-state index in [1.807, 2.05) is 0 Å². The van der Waals surface area contributed by atoms with E-state index in [0.29, 0.717) is 0 Å². The second-order valence-corrected chi connectivity index (χ2v) is 5.64. The number of aliphatic hydroxyl groups excluding tert-OH is 2. The Morgan fingerprint density at radius 2 is 1.14 bits per heavy atom. The third kappa shape index (κ3) is 7.40. The fourth-order valence-corrected chi connectivity index (χ4v) is 2.25. The molecule has 0 fully saturated rings. The van der Waals surface area contributed by atoms with Crippen LogP contribution >= 0.6 is 0 Å². The van der Waals surface area contributed by atoms with Crippen LogP contribution in [0.5, 0.6) is 0 Å². The van der Waals surface area contributed by atoms with Crippen LogP contribution in [-0.2, 0) is 43.0 Å². The third-order valence-corrected chi connectivity index (χ3v) is 3.18. The van der Waals surface area contributed by atoms with Gasteiger partial charge < -0.3 is 24.4 Å². The van der Waals surface area contributed by atoms with Gasteiger partial charge in [-0.05, 0) is 0 Å². The number of imide groups is 3. The lowest BCUT2D eigenvalue weighted by atomic mass is 10.0. The molecule has 3 amide bonds. The van der Waals surface area contributed by atoms with Gasteiger partial charge in [-0.2, -0.15) is 0 Å². The number of esters is 3. The van der Waals surface area contributed by atoms with Crippen molar-refractivity contribution >= 4 is 35.6 Å². The van der Waals surface area contributed by atoms with Gasteiger partial charge in [-0.1, -0.05) is 0 Å². The number of aliphatic hydroxyl groups is 2. The number of hydrogen-bond donors (Lipinski definition) is 2. The van der Waals surface area contributed by atoms with E-state index in [-0.39, 0.29) is 4.90 Å². The molecule has 0 unspecified atom stereocenters. The fraction of sp³-hybridized carbons (Fsp3) is 0.625. The molecule has 28 heavy (non-hydrogen) atoms. The largest absolute Gasteiger partial charge is 0.456 e. The van der Waals surface area contributed by atoms with Crippen LogP contribution in [0, 0.1) is 0 Å². The van der Waals surface area contributed by atoms with Gasteiger partial charge in [0.15, 0.2) is 12.2 Å². The summed E-state index contributed by atoms with van der Waals surface area (Å²) >= 11 is 0. The molecule has 2 N–H and O–H groups in total. The molecule has 0 radical (unpaired) electrons. The highest BCUT2D eigenvalue weighted by molar-refractivity contribution is 6.11. The van der Waals surface area contributed by atoms with Gasteiger partial charge in [0.25, 0.3) is 5.91 Å². The van der Waals surface area contributed by atoms with E-state index in [1.54, 1.807) is 0 Å². The lowest BCUT2D eigenvalue weighted by molar-refractivity contribution is -0.199. The zero-order valence-electron chi connectivity index (χ0n) is 16.0. The van der Waals surface area contributed by atoms with E-state index in [4.69, 9.17) is 14.2 Å². The predicted molar refractivity (Wildman–Crippen MR) is 88.0 cm³/mol. The van der Waals surface area contributed by atoms with Crippen molar-refractivity contribution in [3.63, 3.8) is 0 Å². The van der Waals surface area contributed by atoms with Gasteiger partial charge in [-0.25, -0.2) is 4.90 Å². The van der Waals surface area contributed by atoms with Crippen LogP contribution in [0.1, 0.15) is 34.6 Å². The summed E-state index contributed by atoms with van der Waals surface area (Å²) in [4.78, 5) is 70.5. The van der Waals surface area contributed by atoms with Gasteiger partial charge in [-0.15, -0.1) is 0 Å². The number of amides is 3. The Labute approximate surface area is 160 Å². The summed E-state index contributed by atoms with van der Waals surface area (Å²) in [6, 6.07) is 0. The van der Waals surface area contributed by atoms with Crippen molar-refractivity contribution in [2.24, 2.45) is 0 Å². The first-order valence-electron chi connectivity index (χ1n) is 7.99. The molecule has 0 aliphatic carbocycles. The van der Waals surface area contributed by atoms with E-state index in [9.17, 15) is 39.0 Å². The molecule has 0 heterocycles. The fourth-order valence-electron chi connectivity index (χ4n) is 2.25. The summed E-state index contributed by atoms with van der Waals surface area (Å²) in [7, 11) is 0. The van der Waals surface area contributed by atoms with Crippen molar-refractivity contribution in [2.45, 2.75) is 59.0 Å². The van der Waals surface area contributed by atoms with Gasteiger partial charge in [-0.3, -0.25) is 28.8 Å². The molecule has 0 aliphatic rings. The van der Waals surface area contributed by atoms with Gasteiger partial charge in [0, 0.05) is 34.6 Å². The summed E-state index contributed by atoms with van der Waals surface area (Å²) in [5, 5.41) is 19.1. The molecule has 0 aliphatic heterocycles. The Bertz CT molecular complexity index is 631. The van der Waals surface area contributed by atoms with Gasteiger partial charge in [0.05, 0.1) is 6.61 Å². The highest BCUT2D eigenvalue weighted by Gasteiger charge is 2.47. The standard InChI is InChI=1S/C16H23NO11/c1-7(19)17(8(2)20)16(25)15(28-11(5)23)14(27-10(4)22)13(12(24)6-18)26-9(3)21/h12-15,18,24H,6H2,1-5H3/t12-,13-,14+,15-/m1/s1. The van der Waals surface area contributed by atoms with Crippen LogP contribution in [0.3, 0.4) is 0 Å². The lowest BCUT2D eigenvalue weighted by Crippen LogP contribution is -2.58. The van der Waals surface area contributed by atoms with Crippen molar-refractivity contribution in [1.82, 2.24) is 4.90 Å². The quantitative estimate of drug-likeness (QED) is 0.339. The molecule has 0 saturated carbocycles. The molecule has 158 valence electrons. The van der Waals surface area contributed by atoms with Crippen LogP contribution < -0.4 is 0 Å². The maximum atomic E-state index is 12.7. The first kappa shape index (κ1) is 25.1. The van der Waals surface area contributed by atoms with Crippen LogP contribution in [0.15, 0.2) is 0 Å². The van der Waals surface area contributed by atoms with Crippen LogP contribution in [-0.4, -0.2) is 81.8 Å². The molecular formula is C16H23NO11. The van der Waals surface area contributed by atoms with E-state index in [1.165, 1.54) is 0 Å². The molecule has 4 atom stereocenters. The van der Waals surface area contributed by atoms with E-state index in [0.717, 1.165) is 34.6 Å². The minimum atomic E-state index is -2.14. The summed E-state index contributed by atoms with van der Waals surface area (Å²) in [6.45, 7) is 3.52. The molecule has 0 bridgehead atoms. The summed E-state index contributed by atoms with van der Waals surface area (Å²) in [6.07, 6.45) is -7.83. The summed E-state index contributed by atoms with van der Waals surface area (Å²) in [5.74, 6) is -6.54. The van der Waals surface area contributed by atoms with Crippen molar-refractivity contribution < 1.29 is 53.2 Å². The number of rotatable bonds is 8. The summed E-state index contributed by atoms with van der Waals surface area (Å²) < 4.78 is 14.5. The van der Waals surface area contributed by atoms with Crippen molar-refractivity contribution in [2.75, 3.05) is 6.61 Å². The van der Waals surface area contributed by atoms with E-state index < -0.39 is 66.7 Å². The van der Waals surface area contributed by atoms with Crippen LogP contribution in [0.25, 0.3) is 0 Å². The molecule has 0 rings (SSSR count). The number of carbonyl (C=O) groups excluding carboxylic acids is 6. The molecule has 0 spiro atoms. The Kier molecular flexibility index (Phi) is 9.96. The third-order valence-electron chi connectivity index (χ3n) is 3.18. The minimum Gasteiger partial charge on any atom is -0.456 e. The van der Waals surface area contributed by atoms with E-state index >= 15 is 0 Å². The Morgan fingerprint density at radius 1 is 0.750 bits per heavy atom. The second-order valence-electron chi connectivity index (χ2n) is 5.64. The summed E-state index contributed by atoms with van der Waals surface area (Å²) in [5.41, 5.74) is 0. The molecular weight excluding hydrogens is 382 g/mol. The Hall–Kier alpha value is -2.86. The van der Waals surface area contributed by atoms with Crippen molar-refractivity contribution in [3.8, 4) is 0 Å². The number of nitrogens with zero attached hydrogens (tertiary/aromatic N) is 1. The Balaban J connectivity index is 6.38. The SMILES string of the molecule is CC(=O)O[C@@H]([C@H](OC(C)=O)[C@@H](OC(C)=O)C(=O)N(C(C)=O)C(C)=O)[C@H](O)CO. The monoisotopic (exact) mass is 405 g/mol. The number of ether oxygens (including phenoxy) is 3. The topological polar surface area (TPSA) is 174 Å². The Morgan fingerprint density at radius 3 is 1.46 bits per heavy atom. The zero-order valence-corrected chi connectivity index (χ0v) is 16.0. The molecule has 12 nitrogen and oxygen atoms in total. The minimum absolute atomic E-state index is 0.125. The van der Waals surface area contributed by atoms with E-state index in [2.05, 4.69) is 0 Å². The zero-order chi connectivity index (χ0) is 22.2. The van der Waals surface area contributed by atoms with Crippen molar-refractivity contribution in [3.05, 3.63) is 0 Å². The maximum Gasteiger partial charge on any atom is 0.303 e. The average Bonchev–Trinajstić information content (AvgIpc) is 2.53. The molecule has 0 aromatic heterocycles. The van der Waals surface area contributed by atoms with Gasteiger partial charge in [0.1, 0.15) is 6.10 Å². The second kappa shape index (κ2) is 11.1. The molecule has 0 aromatic rings.